The number of nitrogens with two attached hydrogens (primary N) is 2. The summed E-state index contributed by atoms with van der Waals surface area (Å²) in [7, 11) is 3.07. The van der Waals surface area contributed by atoms with Gasteiger partial charge in [0.1, 0.15) is 12.6 Å². The van der Waals surface area contributed by atoms with Crippen molar-refractivity contribution in [3.8, 4) is 0 Å². The second-order valence-electron chi connectivity index (χ2n) is 8.74. The topological polar surface area (TPSA) is 219 Å². The fourth-order valence-electron chi connectivity index (χ4n) is 3.53. The molecular formula is C24H40N8O6. The molecule has 2 atom stereocenters. The van der Waals surface area contributed by atoms with E-state index in [0.717, 1.165) is 0 Å². The third-order valence-electron chi connectivity index (χ3n) is 5.48. The first kappa shape index (κ1) is 32.1. The quantitative estimate of drug-likeness (QED) is 0.134. The molecule has 0 radical (unpaired) electrons. The van der Waals surface area contributed by atoms with Crippen LogP contribution in [-0.4, -0.2) is 75.7 Å². The van der Waals surface area contributed by atoms with E-state index in [1.807, 2.05) is 13.8 Å². The first-order valence-electron chi connectivity index (χ1n) is 12.3. The molecule has 0 spiro atoms. The number of hydrogen-bond donors (Lipinski definition) is 8. The van der Waals surface area contributed by atoms with Gasteiger partial charge in [0.15, 0.2) is 0 Å². The van der Waals surface area contributed by atoms with Crippen molar-refractivity contribution >= 4 is 35.5 Å². The van der Waals surface area contributed by atoms with E-state index in [4.69, 9.17) is 16.2 Å². The summed E-state index contributed by atoms with van der Waals surface area (Å²) in [5.41, 5.74) is 11.5. The van der Waals surface area contributed by atoms with Gasteiger partial charge in [0.05, 0.1) is 6.04 Å². The van der Waals surface area contributed by atoms with Crippen molar-refractivity contribution in [3.63, 3.8) is 0 Å². The van der Waals surface area contributed by atoms with Crippen LogP contribution in [0.25, 0.3) is 0 Å². The summed E-state index contributed by atoms with van der Waals surface area (Å²) in [5.74, 6) is -1.36. The van der Waals surface area contributed by atoms with Gasteiger partial charge in [-0.25, -0.2) is 9.59 Å². The Bertz CT molecular complexity index is 971. The molecule has 1 aromatic carbocycles. The van der Waals surface area contributed by atoms with Crippen molar-refractivity contribution in [2.45, 2.75) is 45.4 Å². The number of hydrogen-bond acceptors (Lipinski definition) is 8. The maximum absolute atomic E-state index is 13.2. The summed E-state index contributed by atoms with van der Waals surface area (Å²) in [6, 6.07) is 2.41. The Kier molecular flexibility index (Phi) is 14.2. The van der Waals surface area contributed by atoms with Crippen molar-refractivity contribution in [2.24, 2.45) is 17.4 Å². The molecule has 0 aromatic heterocycles. The van der Waals surface area contributed by atoms with Gasteiger partial charge < -0.3 is 48.1 Å². The van der Waals surface area contributed by atoms with Gasteiger partial charge in [-0.1, -0.05) is 19.9 Å². The summed E-state index contributed by atoms with van der Waals surface area (Å²) in [6.45, 7) is 4.24. The summed E-state index contributed by atoms with van der Waals surface area (Å²) < 4.78 is 5.07. The van der Waals surface area contributed by atoms with Crippen LogP contribution >= 0.6 is 0 Å². The number of carbonyl (C=O) groups is 5. The van der Waals surface area contributed by atoms with Crippen LogP contribution in [0.3, 0.4) is 0 Å². The average molecular weight is 537 g/mol. The second kappa shape index (κ2) is 16.8. The predicted molar refractivity (Wildman–Crippen MR) is 142 cm³/mol. The average Bonchev–Trinajstić information content (AvgIpc) is 2.87. The summed E-state index contributed by atoms with van der Waals surface area (Å²) in [5, 5.41) is 15.8. The van der Waals surface area contributed by atoms with Gasteiger partial charge in [0.2, 0.25) is 11.8 Å². The lowest BCUT2D eigenvalue weighted by Gasteiger charge is -2.24. The largest absolute Gasteiger partial charge is 0.445 e. The normalized spacial score (nSPS) is 12.2. The zero-order valence-electron chi connectivity index (χ0n) is 22.3. The molecule has 0 saturated heterocycles. The van der Waals surface area contributed by atoms with Gasteiger partial charge in [0, 0.05) is 43.5 Å². The minimum absolute atomic E-state index is 0.0283. The van der Waals surface area contributed by atoms with Crippen LogP contribution in [0.2, 0.25) is 0 Å². The van der Waals surface area contributed by atoms with E-state index < -0.39 is 36.0 Å². The third kappa shape index (κ3) is 11.0. The van der Waals surface area contributed by atoms with Crippen LogP contribution in [-0.2, 0) is 20.9 Å². The second-order valence-corrected chi connectivity index (χ2v) is 8.74. The molecule has 0 aliphatic rings. The molecule has 0 aliphatic carbocycles. The Morgan fingerprint density at radius 3 is 2.29 bits per heavy atom. The molecule has 0 unspecified atom stereocenters. The lowest BCUT2D eigenvalue weighted by molar-refractivity contribution is -0.128. The van der Waals surface area contributed by atoms with Gasteiger partial charge in [0.25, 0.3) is 5.91 Å². The summed E-state index contributed by atoms with van der Waals surface area (Å²) in [6.07, 6.45) is -0.0781. The van der Waals surface area contributed by atoms with E-state index in [2.05, 4.69) is 31.9 Å². The van der Waals surface area contributed by atoms with Gasteiger partial charge in [-0.15, -0.1) is 0 Å². The maximum atomic E-state index is 13.2. The molecule has 212 valence electrons. The molecule has 1 rings (SSSR count). The highest BCUT2D eigenvalue weighted by Gasteiger charge is 2.27. The van der Waals surface area contributed by atoms with E-state index >= 15 is 0 Å². The number of likely N-dealkylation sites (N-methyl/N-ethyl adjacent to an activating group) is 1. The maximum Gasteiger partial charge on any atom is 0.407 e. The molecule has 0 heterocycles. The van der Waals surface area contributed by atoms with Crippen molar-refractivity contribution < 1.29 is 28.7 Å². The lowest BCUT2D eigenvalue weighted by Crippen LogP contribution is -2.52. The number of amides is 6. The minimum atomic E-state index is -0.933. The Labute approximate surface area is 222 Å². The molecule has 6 amide bonds. The number of urea groups is 1. The molecule has 14 nitrogen and oxygen atoms in total. The van der Waals surface area contributed by atoms with Crippen LogP contribution in [0.5, 0.6) is 0 Å². The molecule has 14 heteroatoms. The molecule has 10 N–H and O–H groups in total. The number of alkyl carbamates (subject to hydrolysis) is 1. The lowest BCUT2D eigenvalue weighted by atomic mass is 10.0. The number of nitrogens with one attached hydrogen (secondary N) is 6. The summed E-state index contributed by atoms with van der Waals surface area (Å²) >= 11 is 0. The van der Waals surface area contributed by atoms with Crippen molar-refractivity contribution in [2.75, 3.05) is 39.0 Å². The number of anilines is 1. The minimum Gasteiger partial charge on any atom is -0.445 e. The number of benzene rings is 1. The van der Waals surface area contributed by atoms with Crippen LogP contribution in [0.4, 0.5) is 15.3 Å². The Morgan fingerprint density at radius 1 is 1.00 bits per heavy atom. The molecule has 38 heavy (non-hydrogen) atoms. The smallest absolute Gasteiger partial charge is 0.407 e. The highest BCUT2D eigenvalue weighted by molar-refractivity contribution is 6.00. The third-order valence-corrected chi connectivity index (χ3v) is 5.48. The highest BCUT2D eigenvalue weighted by Crippen LogP contribution is 2.18. The molecule has 0 saturated carbocycles. The Balaban J connectivity index is 3.14. The molecular weight excluding hydrogens is 496 g/mol. The van der Waals surface area contributed by atoms with Crippen LogP contribution in [0.15, 0.2) is 18.2 Å². The van der Waals surface area contributed by atoms with E-state index in [1.54, 1.807) is 19.2 Å². The Morgan fingerprint density at radius 2 is 1.71 bits per heavy atom. The van der Waals surface area contributed by atoms with E-state index in [1.165, 1.54) is 13.1 Å². The molecule has 1 aromatic rings. The first-order chi connectivity index (χ1) is 18.0. The van der Waals surface area contributed by atoms with Gasteiger partial charge in [-0.05, 0) is 37.9 Å². The Hall–Kier alpha value is -3.91. The number of carbonyl (C=O) groups excluding carboxylic acids is 5. The number of primary amides is 1. The fourth-order valence-corrected chi connectivity index (χ4v) is 3.53. The van der Waals surface area contributed by atoms with Crippen LogP contribution in [0.1, 0.15) is 42.6 Å². The first-order valence-corrected chi connectivity index (χ1v) is 12.3. The monoisotopic (exact) mass is 536 g/mol. The van der Waals surface area contributed by atoms with E-state index in [0.29, 0.717) is 17.7 Å². The van der Waals surface area contributed by atoms with Gasteiger partial charge in [-0.3, -0.25) is 14.4 Å². The fraction of sp³-hybridized carbons (Fsp3) is 0.542. The predicted octanol–water partition coefficient (Wildman–Crippen LogP) is -0.653. The standard InChI is InChI=1S/C24H40N8O6/c1-14(2)19(27-3)22(35)32-18(6-5-10-30-23(26)36)21(34)31-16-8-7-15(13-38-24(37)28-4)17(12-16)20(33)29-11-9-25/h7-8,12,14,18-19,27H,5-6,9-11,13,25H2,1-4H3,(H,28,37)(H,29,33)(H,31,34)(H,32,35)(H3,26,30,36)/t18-,19-/m0/s1. The van der Waals surface area contributed by atoms with Gasteiger partial charge >= 0.3 is 12.1 Å². The highest BCUT2D eigenvalue weighted by atomic mass is 16.5. The zero-order valence-corrected chi connectivity index (χ0v) is 22.3. The molecule has 0 aliphatic heterocycles. The van der Waals surface area contributed by atoms with Crippen molar-refractivity contribution in [3.05, 3.63) is 29.3 Å². The zero-order chi connectivity index (χ0) is 28.7. The van der Waals surface area contributed by atoms with Crippen molar-refractivity contribution in [1.29, 1.82) is 0 Å². The molecule has 0 fully saturated rings. The summed E-state index contributed by atoms with van der Waals surface area (Å²) in [4.78, 5) is 61.2. The molecule has 0 bridgehead atoms. The number of ether oxygens (including phenoxy) is 1. The van der Waals surface area contributed by atoms with Crippen LogP contribution < -0.4 is 43.4 Å². The van der Waals surface area contributed by atoms with Crippen LogP contribution in [0, 0.1) is 5.92 Å². The van der Waals surface area contributed by atoms with E-state index in [-0.39, 0.29) is 50.1 Å². The van der Waals surface area contributed by atoms with Gasteiger partial charge in [-0.2, -0.15) is 0 Å². The number of rotatable bonds is 15. The van der Waals surface area contributed by atoms with E-state index in [9.17, 15) is 24.0 Å². The SMILES string of the molecule is CNC(=O)OCc1ccc(NC(=O)[C@H](CCCNC(N)=O)NC(=O)[C@@H](NC)C(C)C)cc1C(=O)NCCN. The van der Waals surface area contributed by atoms with Crippen molar-refractivity contribution in [1.82, 2.24) is 26.6 Å².